The van der Waals surface area contributed by atoms with Crippen molar-refractivity contribution in [2.45, 2.75) is 13.0 Å². The molecule has 0 saturated carbocycles. The highest BCUT2D eigenvalue weighted by atomic mass is 32.2. The van der Waals surface area contributed by atoms with Crippen LogP contribution in [0.15, 0.2) is 78.9 Å². The second kappa shape index (κ2) is 10.1. The van der Waals surface area contributed by atoms with Gasteiger partial charge in [-0.05, 0) is 53.9 Å². The van der Waals surface area contributed by atoms with Gasteiger partial charge in [0.25, 0.3) is 5.91 Å². The van der Waals surface area contributed by atoms with Gasteiger partial charge < -0.3 is 10.1 Å². The third kappa shape index (κ3) is 6.33. The van der Waals surface area contributed by atoms with Gasteiger partial charge in [-0.1, -0.05) is 42.5 Å². The fourth-order valence-electron chi connectivity index (χ4n) is 3.14. The van der Waals surface area contributed by atoms with Crippen molar-refractivity contribution in [2.75, 3.05) is 24.2 Å². The van der Waals surface area contributed by atoms with Gasteiger partial charge in [0.15, 0.2) is 0 Å². The third-order valence-corrected chi connectivity index (χ3v) is 5.99. The monoisotopic (exact) mass is 438 g/mol. The maximum Gasteiger partial charge on any atom is 0.251 e. The second-order valence-electron chi connectivity index (χ2n) is 7.16. The van der Waals surface area contributed by atoms with Crippen LogP contribution in [-0.2, 0) is 23.0 Å². The Morgan fingerprint density at radius 2 is 1.52 bits per heavy atom. The predicted octanol–water partition coefficient (Wildman–Crippen LogP) is 3.63. The summed E-state index contributed by atoms with van der Waals surface area (Å²) >= 11 is 0. The molecule has 0 bridgehead atoms. The number of nitrogens with zero attached hydrogens (tertiary/aromatic N) is 1. The normalized spacial score (nSPS) is 11.0. The summed E-state index contributed by atoms with van der Waals surface area (Å²) in [6, 6.07) is 23.7. The van der Waals surface area contributed by atoms with E-state index in [0.717, 1.165) is 16.9 Å². The summed E-state index contributed by atoms with van der Waals surface area (Å²) in [6.07, 6.45) is 1.90. The summed E-state index contributed by atoms with van der Waals surface area (Å²) in [5.74, 6) is 0.637. The van der Waals surface area contributed by atoms with Gasteiger partial charge in [-0.15, -0.1) is 0 Å². The summed E-state index contributed by atoms with van der Waals surface area (Å²) in [5, 5.41) is 2.91. The number of carbonyl (C=O) groups is 1. The molecule has 0 aliphatic carbocycles. The number of para-hydroxylation sites is 1. The van der Waals surface area contributed by atoms with Crippen LogP contribution >= 0.6 is 0 Å². The minimum atomic E-state index is -3.44. The molecule has 1 amide bonds. The summed E-state index contributed by atoms with van der Waals surface area (Å²) in [6.45, 7) is 0.713. The Kier molecular flexibility index (Phi) is 7.31. The number of amides is 1. The van der Waals surface area contributed by atoms with E-state index in [2.05, 4.69) is 5.32 Å². The van der Waals surface area contributed by atoms with E-state index in [0.29, 0.717) is 24.2 Å². The topological polar surface area (TPSA) is 75.7 Å². The first-order valence-electron chi connectivity index (χ1n) is 9.89. The maximum absolute atomic E-state index is 12.4. The quantitative estimate of drug-likeness (QED) is 0.554. The molecule has 0 radical (unpaired) electrons. The van der Waals surface area contributed by atoms with E-state index in [1.54, 1.807) is 55.6 Å². The van der Waals surface area contributed by atoms with Crippen molar-refractivity contribution in [3.05, 3.63) is 95.6 Å². The molecular weight excluding hydrogens is 412 g/mol. The molecule has 0 heterocycles. The van der Waals surface area contributed by atoms with E-state index < -0.39 is 10.0 Å². The highest BCUT2D eigenvalue weighted by Crippen LogP contribution is 2.20. The largest absolute Gasteiger partial charge is 0.497 e. The number of methoxy groups -OCH3 is 1. The van der Waals surface area contributed by atoms with Crippen molar-refractivity contribution in [2.24, 2.45) is 0 Å². The average Bonchev–Trinajstić information content (AvgIpc) is 2.78. The number of nitrogens with one attached hydrogen (secondary N) is 1. The molecule has 0 spiro atoms. The van der Waals surface area contributed by atoms with E-state index >= 15 is 0 Å². The molecule has 1 N–H and O–H groups in total. The summed E-state index contributed by atoms with van der Waals surface area (Å²) in [5.41, 5.74) is 3.04. The minimum absolute atomic E-state index is 0.164. The Morgan fingerprint density at radius 1 is 0.903 bits per heavy atom. The van der Waals surface area contributed by atoms with Crippen LogP contribution in [0, 0.1) is 0 Å². The molecule has 31 heavy (non-hydrogen) atoms. The van der Waals surface area contributed by atoms with Crippen LogP contribution in [0.3, 0.4) is 0 Å². The van der Waals surface area contributed by atoms with Gasteiger partial charge in [-0.2, -0.15) is 0 Å². The number of rotatable bonds is 9. The second-order valence-corrected chi connectivity index (χ2v) is 9.06. The molecule has 3 aromatic carbocycles. The van der Waals surface area contributed by atoms with Crippen molar-refractivity contribution in [1.82, 2.24) is 5.32 Å². The van der Waals surface area contributed by atoms with E-state index in [4.69, 9.17) is 4.74 Å². The molecule has 7 heteroatoms. The van der Waals surface area contributed by atoms with Crippen LogP contribution in [0.5, 0.6) is 5.75 Å². The number of hydrogen-bond acceptors (Lipinski definition) is 4. The number of ether oxygens (including phenoxy) is 1. The van der Waals surface area contributed by atoms with E-state index in [9.17, 15) is 13.2 Å². The molecule has 0 aromatic heterocycles. The maximum atomic E-state index is 12.4. The first-order valence-corrected chi connectivity index (χ1v) is 11.7. The standard InChI is InChI=1S/C24H26N2O4S/c1-30-23-14-10-19(11-15-23)16-17-25-24(27)21-12-8-20(9-13-21)18-26(31(2,28)29)22-6-4-3-5-7-22/h3-15H,16-18H2,1-2H3,(H,25,27). The fourth-order valence-corrected chi connectivity index (χ4v) is 4.02. The predicted molar refractivity (Wildman–Crippen MR) is 123 cm³/mol. The Morgan fingerprint density at radius 3 is 2.10 bits per heavy atom. The van der Waals surface area contributed by atoms with Crippen molar-refractivity contribution >= 4 is 21.6 Å². The molecule has 0 atom stereocenters. The Bertz CT molecular complexity index is 1100. The first kappa shape index (κ1) is 22.4. The van der Waals surface area contributed by atoms with Gasteiger partial charge in [0, 0.05) is 12.1 Å². The number of benzene rings is 3. The molecule has 6 nitrogen and oxygen atoms in total. The van der Waals surface area contributed by atoms with Gasteiger partial charge in [0.2, 0.25) is 10.0 Å². The van der Waals surface area contributed by atoms with Crippen LogP contribution in [0.25, 0.3) is 0 Å². The Balaban J connectivity index is 1.58. The molecule has 3 aromatic rings. The minimum Gasteiger partial charge on any atom is -0.497 e. The van der Waals surface area contributed by atoms with Gasteiger partial charge in [0.1, 0.15) is 5.75 Å². The molecule has 0 aliphatic heterocycles. The first-order chi connectivity index (χ1) is 14.9. The SMILES string of the molecule is COc1ccc(CCNC(=O)c2ccc(CN(c3ccccc3)S(C)(=O)=O)cc2)cc1. The zero-order valence-corrected chi connectivity index (χ0v) is 18.4. The highest BCUT2D eigenvalue weighted by Gasteiger charge is 2.17. The van der Waals surface area contributed by atoms with Gasteiger partial charge >= 0.3 is 0 Å². The number of carbonyl (C=O) groups excluding carboxylic acids is 1. The van der Waals surface area contributed by atoms with Crippen molar-refractivity contribution < 1.29 is 17.9 Å². The Labute approximate surface area is 183 Å². The zero-order valence-electron chi connectivity index (χ0n) is 17.6. The number of sulfonamides is 1. The molecule has 0 saturated heterocycles. The zero-order chi connectivity index (χ0) is 22.3. The lowest BCUT2D eigenvalue weighted by Gasteiger charge is -2.22. The summed E-state index contributed by atoms with van der Waals surface area (Å²) < 4.78 is 31.0. The Hall–Kier alpha value is -3.32. The molecule has 0 aliphatic rings. The number of anilines is 1. The van der Waals surface area contributed by atoms with Crippen LogP contribution in [-0.4, -0.2) is 34.2 Å². The average molecular weight is 439 g/mol. The van der Waals surface area contributed by atoms with Crippen LogP contribution in [0.4, 0.5) is 5.69 Å². The fraction of sp³-hybridized carbons (Fsp3) is 0.208. The van der Waals surface area contributed by atoms with Crippen molar-refractivity contribution in [1.29, 1.82) is 0 Å². The van der Waals surface area contributed by atoms with Crippen LogP contribution in [0.2, 0.25) is 0 Å². The van der Waals surface area contributed by atoms with Crippen LogP contribution < -0.4 is 14.4 Å². The molecule has 3 rings (SSSR count). The summed E-state index contributed by atoms with van der Waals surface area (Å²) in [4.78, 5) is 12.4. The lowest BCUT2D eigenvalue weighted by Crippen LogP contribution is -2.29. The molecule has 162 valence electrons. The summed E-state index contributed by atoms with van der Waals surface area (Å²) in [7, 11) is -1.81. The number of hydrogen-bond donors (Lipinski definition) is 1. The molecule has 0 fully saturated rings. The van der Waals surface area contributed by atoms with E-state index in [1.165, 1.54) is 10.6 Å². The van der Waals surface area contributed by atoms with Crippen molar-refractivity contribution in [3.63, 3.8) is 0 Å². The highest BCUT2D eigenvalue weighted by molar-refractivity contribution is 7.92. The van der Waals surface area contributed by atoms with Crippen molar-refractivity contribution in [3.8, 4) is 5.75 Å². The third-order valence-electron chi connectivity index (χ3n) is 4.85. The lowest BCUT2D eigenvalue weighted by molar-refractivity contribution is 0.0954. The molecule has 0 unspecified atom stereocenters. The lowest BCUT2D eigenvalue weighted by atomic mass is 10.1. The van der Waals surface area contributed by atoms with E-state index in [1.807, 2.05) is 30.3 Å². The van der Waals surface area contributed by atoms with Crippen LogP contribution in [0.1, 0.15) is 21.5 Å². The van der Waals surface area contributed by atoms with Gasteiger partial charge in [-0.25, -0.2) is 8.42 Å². The smallest absolute Gasteiger partial charge is 0.251 e. The molecular formula is C24H26N2O4S. The van der Waals surface area contributed by atoms with E-state index in [-0.39, 0.29) is 12.5 Å². The van der Waals surface area contributed by atoms with Gasteiger partial charge in [-0.3, -0.25) is 9.10 Å². The van der Waals surface area contributed by atoms with Gasteiger partial charge in [0.05, 0.1) is 25.6 Å².